The number of likely N-dealkylation sites (N-methyl/N-ethyl adjacent to an activating group) is 1. The maximum Gasteiger partial charge on any atom is 0.238 e. The topological polar surface area (TPSA) is 66.5 Å². The molecule has 2 rings (SSSR count). The van der Waals surface area contributed by atoms with Crippen molar-refractivity contribution in [2.24, 2.45) is 0 Å². The van der Waals surface area contributed by atoms with Crippen LogP contribution in [-0.2, 0) is 21.2 Å². The lowest BCUT2D eigenvalue weighted by Crippen LogP contribution is -2.30. The zero-order valence-corrected chi connectivity index (χ0v) is 17.2. The van der Waals surface area contributed by atoms with E-state index in [9.17, 15) is 13.2 Å². The first-order valence-corrected chi connectivity index (χ1v) is 11.3. The fourth-order valence-corrected chi connectivity index (χ4v) is 3.58. The molecule has 0 saturated heterocycles. The second-order valence-corrected chi connectivity index (χ2v) is 9.28. The van der Waals surface area contributed by atoms with Gasteiger partial charge in [0.2, 0.25) is 5.91 Å². The summed E-state index contributed by atoms with van der Waals surface area (Å²) in [5.74, 6) is -0.263. The van der Waals surface area contributed by atoms with Crippen LogP contribution in [0.2, 0.25) is 5.02 Å². The van der Waals surface area contributed by atoms with Gasteiger partial charge in [-0.05, 0) is 49.2 Å². The van der Waals surface area contributed by atoms with Crippen LogP contribution in [0.4, 0.5) is 5.69 Å². The van der Waals surface area contributed by atoms with E-state index in [-0.39, 0.29) is 23.0 Å². The largest absolute Gasteiger partial charge is 0.324 e. The second kappa shape index (κ2) is 8.90. The molecule has 1 N–H and O–H groups in total. The highest BCUT2D eigenvalue weighted by molar-refractivity contribution is 7.98. The molecule has 0 bridgehead atoms. The highest BCUT2D eigenvalue weighted by Crippen LogP contribution is 2.25. The summed E-state index contributed by atoms with van der Waals surface area (Å²) < 4.78 is 23.3. The van der Waals surface area contributed by atoms with Crippen LogP contribution in [0, 0.1) is 0 Å². The first kappa shape index (κ1) is 20.8. The molecule has 1 amide bonds. The minimum Gasteiger partial charge on any atom is -0.324 e. The van der Waals surface area contributed by atoms with Crippen molar-refractivity contribution in [3.63, 3.8) is 0 Å². The van der Waals surface area contributed by atoms with E-state index in [2.05, 4.69) is 5.32 Å². The third kappa shape index (κ3) is 6.02. The molecule has 0 aliphatic carbocycles. The van der Waals surface area contributed by atoms with Crippen LogP contribution in [0.5, 0.6) is 0 Å². The van der Waals surface area contributed by atoms with Gasteiger partial charge < -0.3 is 5.32 Å². The lowest BCUT2D eigenvalue weighted by molar-refractivity contribution is -0.117. The zero-order chi connectivity index (χ0) is 19.3. The molecule has 0 aliphatic rings. The van der Waals surface area contributed by atoms with Crippen molar-refractivity contribution in [2.75, 3.05) is 31.4 Å². The van der Waals surface area contributed by atoms with Gasteiger partial charge in [0.05, 0.1) is 22.2 Å². The highest BCUT2D eigenvalue weighted by atomic mass is 35.5. The average Bonchev–Trinajstić information content (AvgIpc) is 2.56. The van der Waals surface area contributed by atoms with E-state index >= 15 is 0 Å². The predicted octanol–water partition coefficient (Wildman–Crippen LogP) is 3.54. The number of nitrogens with one attached hydrogen (secondary N) is 1. The zero-order valence-electron chi connectivity index (χ0n) is 14.8. The Labute approximate surface area is 163 Å². The van der Waals surface area contributed by atoms with Crippen LogP contribution in [0.1, 0.15) is 5.56 Å². The number of rotatable bonds is 7. The average molecular weight is 413 g/mol. The molecule has 0 spiro atoms. The maximum absolute atomic E-state index is 12.3. The fraction of sp³-hybridized carbons (Fsp3) is 0.278. The Hall–Kier alpha value is -1.54. The SMILES string of the molecule is CSc1ccc(CN(C)CC(=O)Nc2cc(S(C)(=O)=O)ccc2Cl)cc1. The molecule has 2 aromatic rings. The van der Waals surface area contributed by atoms with Gasteiger partial charge in [0.1, 0.15) is 0 Å². The van der Waals surface area contributed by atoms with Crippen LogP contribution in [0.25, 0.3) is 0 Å². The van der Waals surface area contributed by atoms with Gasteiger partial charge in [0.15, 0.2) is 9.84 Å². The number of hydrogen-bond donors (Lipinski definition) is 1. The molecule has 0 atom stereocenters. The quantitative estimate of drug-likeness (QED) is 0.704. The molecular weight excluding hydrogens is 392 g/mol. The van der Waals surface area contributed by atoms with E-state index in [1.807, 2.05) is 42.5 Å². The Balaban J connectivity index is 1.99. The number of nitrogens with zero attached hydrogens (tertiary/aromatic N) is 1. The Morgan fingerprint density at radius 2 is 1.85 bits per heavy atom. The number of benzene rings is 2. The van der Waals surface area contributed by atoms with Crippen molar-refractivity contribution in [1.82, 2.24) is 4.90 Å². The van der Waals surface area contributed by atoms with Crippen molar-refractivity contribution in [2.45, 2.75) is 16.3 Å². The molecule has 5 nitrogen and oxygen atoms in total. The van der Waals surface area contributed by atoms with E-state index in [0.717, 1.165) is 11.8 Å². The van der Waals surface area contributed by atoms with E-state index in [4.69, 9.17) is 11.6 Å². The summed E-state index contributed by atoms with van der Waals surface area (Å²) >= 11 is 7.74. The third-order valence-electron chi connectivity index (χ3n) is 3.67. The standard InChI is InChI=1S/C18H21ClN2O3S2/c1-21(11-13-4-6-14(25-2)7-5-13)12-18(22)20-17-10-15(26(3,23)24)8-9-16(17)19/h4-10H,11-12H2,1-3H3,(H,20,22). The van der Waals surface area contributed by atoms with Crippen LogP contribution in [0.3, 0.4) is 0 Å². The normalized spacial score (nSPS) is 11.6. The van der Waals surface area contributed by atoms with Crippen molar-refractivity contribution < 1.29 is 13.2 Å². The summed E-state index contributed by atoms with van der Waals surface area (Å²) in [4.78, 5) is 15.4. The summed E-state index contributed by atoms with van der Waals surface area (Å²) in [6.45, 7) is 0.781. The van der Waals surface area contributed by atoms with E-state index in [1.165, 1.54) is 23.1 Å². The molecule has 26 heavy (non-hydrogen) atoms. The van der Waals surface area contributed by atoms with Crippen LogP contribution in [-0.4, -0.2) is 45.3 Å². The highest BCUT2D eigenvalue weighted by Gasteiger charge is 2.13. The predicted molar refractivity (Wildman–Crippen MR) is 108 cm³/mol. The van der Waals surface area contributed by atoms with Gasteiger partial charge in [-0.15, -0.1) is 11.8 Å². The molecule has 8 heteroatoms. The molecule has 140 valence electrons. The second-order valence-electron chi connectivity index (χ2n) is 5.98. The molecule has 0 heterocycles. The monoisotopic (exact) mass is 412 g/mol. The van der Waals surface area contributed by atoms with E-state index in [1.54, 1.807) is 11.8 Å². The molecule has 2 aromatic carbocycles. The molecule has 0 radical (unpaired) electrons. The van der Waals surface area contributed by atoms with Gasteiger partial charge in [-0.2, -0.15) is 0 Å². The number of amides is 1. The molecule has 0 fully saturated rings. The third-order valence-corrected chi connectivity index (χ3v) is 5.85. The van der Waals surface area contributed by atoms with Crippen molar-refractivity contribution in [3.05, 3.63) is 53.1 Å². The van der Waals surface area contributed by atoms with Gasteiger partial charge in [0.25, 0.3) is 0 Å². The number of sulfone groups is 1. The lowest BCUT2D eigenvalue weighted by atomic mass is 10.2. The number of thioether (sulfide) groups is 1. The number of halogens is 1. The number of carbonyl (C=O) groups is 1. The molecule has 0 aliphatic heterocycles. The molecule has 0 unspecified atom stereocenters. The van der Waals surface area contributed by atoms with Crippen LogP contribution in [0.15, 0.2) is 52.3 Å². The van der Waals surface area contributed by atoms with Crippen molar-refractivity contribution in [1.29, 1.82) is 0 Å². The van der Waals surface area contributed by atoms with E-state index < -0.39 is 9.84 Å². The van der Waals surface area contributed by atoms with Gasteiger partial charge >= 0.3 is 0 Å². The van der Waals surface area contributed by atoms with Gasteiger partial charge in [-0.3, -0.25) is 9.69 Å². The Morgan fingerprint density at radius 3 is 2.42 bits per heavy atom. The summed E-state index contributed by atoms with van der Waals surface area (Å²) in [6.07, 6.45) is 3.13. The molecular formula is C18H21ClN2O3S2. The minimum absolute atomic E-state index is 0.111. The smallest absolute Gasteiger partial charge is 0.238 e. The Bertz CT molecular complexity index is 884. The van der Waals surface area contributed by atoms with Crippen molar-refractivity contribution >= 4 is 44.8 Å². The summed E-state index contributed by atoms with van der Waals surface area (Å²) in [5.41, 5.74) is 1.40. The molecule has 0 aromatic heterocycles. The fourth-order valence-electron chi connectivity index (χ4n) is 2.36. The number of carbonyl (C=O) groups excluding carboxylic acids is 1. The van der Waals surface area contributed by atoms with Crippen LogP contribution >= 0.6 is 23.4 Å². The van der Waals surface area contributed by atoms with Crippen LogP contribution < -0.4 is 5.32 Å². The summed E-state index contributed by atoms with van der Waals surface area (Å²) in [6, 6.07) is 12.4. The number of anilines is 1. The lowest BCUT2D eigenvalue weighted by Gasteiger charge is -2.17. The van der Waals surface area contributed by atoms with E-state index in [0.29, 0.717) is 11.6 Å². The molecule has 0 saturated carbocycles. The first-order valence-electron chi connectivity index (χ1n) is 7.80. The van der Waals surface area contributed by atoms with Gasteiger partial charge in [0, 0.05) is 17.7 Å². The Kier molecular flexibility index (Phi) is 7.11. The van der Waals surface area contributed by atoms with Gasteiger partial charge in [-0.25, -0.2) is 8.42 Å². The Morgan fingerprint density at radius 1 is 1.19 bits per heavy atom. The summed E-state index contributed by atoms with van der Waals surface area (Å²) in [7, 11) is -1.53. The van der Waals surface area contributed by atoms with Crippen molar-refractivity contribution in [3.8, 4) is 0 Å². The first-order chi connectivity index (χ1) is 12.2. The number of hydrogen-bond acceptors (Lipinski definition) is 5. The summed E-state index contributed by atoms with van der Waals surface area (Å²) in [5, 5.41) is 2.97. The maximum atomic E-state index is 12.3. The van der Waals surface area contributed by atoms with Gasteiger partial charge in [-0.1, -0.05) is 23.7 Å². The minimum atomic E-state index is -3.37.